The predicted molar refractivity (Wildman–Crippen MR) is 102 cm³/mol. The van der Waals surface area contributed by atoms with Gasteiger partial charge in [-0.05, 0) is 39.2 Å². The average Bonchev–Trinajstić information content (AvgIpc) is 3.47. The molecule has 2 aliphatic heterocycles. The third kappa shape index (κ3) is 4.22. The van der Waals surface area contributed by atoms with Crippen molar-refractivity contribution in [1.82, 2.24) is 18.8 Å². The number of carboxylic acids is 1. The summed E-state index contributed by atoms with van der Waals surface area (Å²) in [7, 11) is -3.05. The van der Waals surface area contributed by atoms with Crippen molar-refractivity contribution in [3.8, 4) is 0 Å². The Labute approximate surface area is 173 Å². The van der Waals surface area contributed by atoms with Crippen LogP contribution in [0.15, 0.2) is 6.20 Å². The summed E-state index contributed by atoms with van der Waals surface area (Å²) < 4.78 is 60.8. The van der Waals surface area contributed by atoms with Crippen LogP contribution in [0.3, 0.4) is 0 Å². The van der Waals surface area contributed by atoms with Crippen LogP contribution in [-0.4, -0.2) is 75.9 Å². The zero-order chi connectivity index (χ0) is 22.3. The molecule has 8 nitrogen and oxygen atoms in total. The monoisotopic (exact) mass is 452 g/mol. The van der Waals surface area contributed by atoms with E-state index in [1.807, 2.05) is 6.20 Å². The lowest BCUT2D eigenvalue weighted by Gasteiger charge is -2.50. The summed E-state index contributed by atoms with van der Waals surface area (Å²) in [5, 5.41) is 7.02. The minimum absolute atomic E-state index is 0.0865. The molecule has 1 aromatic rings. The molecule has 30 heavy (non-hydrogen) atoms. The number of nitrogens with zero attached hydrogens (tertiary/aromatic N) is 4. The highest BCUT2D eigenvalue weighted by Gasteiger charge is 2.49. The fraction of sp³-hybridized carbons (Fsp3) is 0.778. The smallest absolute Gasteiger partial charge is 0.475 e. The van der Waals surface area contributed by atoms with Gasteiger partial charge in [0, 0.05) is 38.1 Å². The highest BCUT2D eigenvalue weighted by Crippen LogP contribution is 2.42. The summed E-state index contributed by atoms with van der Waals surface area (Å²) in [6.45, 7) is 8.56. The first-order valence-electron chi connectivity index (χ1n) is 10.00. The Morgan fingerprint density at radius 2 is 1.80 bits per heavy atom. The summed E-state index contributed by atoms with van der Waals surface area (Å²) in [5.74, 6) is -1.61. The molecule has 1 aliphatic carbocycles. The highest BCUT2D eigenvalue weighted by atomic mass is 32.2. The molecule has 170 valence electrons. The van der Waals surface area contributed by atoms with Gasteiger partial charge >= 0.3 is 12.1 Å². The Morgan fingerprint density at radius 1 is 1.23 bits per heavy atom. The van der Waals surface area contributed by atoms with E-state index in [1.54, 1.807) is 4.31 Å². The van der Waals surface area contributed by atoms with Gasteiger partial charge in [-0.25, -0.2) is 22.5 Å². The number of rotatable bonds is 3. The lowest BCUT2D eigenvalue weighted by Crippen LogP contribution is -2.58. The zero-order valence-electron chi connectivity index (χ0n) is 17.0. The third-order valence-electron chi connectivity index (χ3n) is 6.15. The number of piperidine rings is 1. The second kappa shape index (κ2) is 8.12. The molecule has 2 fully saturated rings. The lowest BCUT2D eigenvalue weighted by atomic mass is 9.84. The second-order valence-corrected chi connectivity index (χ2v) is 10.1. The number of likely N-dealkylation sites (N-methyl/N-ethyl adjacent to an activating group) is 1. The summed E-state index contributed by atoms with van der Waals surface area (Å²) >= 11 is 0. The molecule has 1 spiro atoms. The molecule has 0 radical (unpaired) electrons. The van der Waals surface area contributed by atoms with Crippen molar-refractivity contribution in [3.05, 3.63) is 17.7 Å². The van der Waals surface area contributed by atoms with Crippen LogP contribution in [0.4, 0.5) is 13.2 Å². The van der Waals surface area contributed by atoms with E-state index in [4.69, 9.17) is 14.9 Å². The Hall–Kier alpha value is -1.66. The molecule has 0 aromatic carbocycles. The number of fused-ring (bicyclic) bond motifs is 2. The number of carboxylic acid groups (broad SMARTS) is 1. The number of aromatic nitrogens is 2. The van der Waals surface area contributed by atoms with E-state index >= 15 is 0 Å². The lowest BCUT2D eigenvalue weighted by molar-refractivity contribution is -0.192. The Bertz CT molecular complexity index is 888. The van der Waals surface area contributed by atoms with Crippen molar-refractivity contribution in [2.45, 2.75) is 63.0 Å². The number of hydrogen-bond donors (Lipinski definition) is 1. The normalized spacial score (nSPS) is 22.3. The maximum Gasteiger partial charge on any atom is 0.490 e. The number of halogens is 3. The summed E-state index contributed by atoms with van der Waals surface area (Å²) in [6, 6.07) is 0. The maximum absolute atomic E-state index is 12.5. The van der Waals surface area contributed by atoms with Gasteiger partial charge in [0.2, 0.25) is 10.0 Å². The van der Waals surface area contributed by atoms with Crippen molar-refractivity contribution in [2.24, 2.45) is 0 Å². The van der Waals surface area contributed by atoms with Gasteiger partial charge in [-0.1, -0.05) is 6.92 Å². The molecule has 1 saturated heterocycles. The Kier molecular flexibility index (Phi) is 6.23. The maximum atomic E-state index is 12.5. The highest BCUT2D eigenvalue weighted by molar-refractivity contribution is 7.90. The van der Waals surface area contributed by atoms with Crippen LogP contribution in [0.1, 0.15) is 44.1 Å². The topological polar surface area (TPSA) is 95.7 Å². The SMILES string of the molecule is CCN1CCn2c(C)cnc2C12CCN(S(=O)(=O)C1CC1)CC2.O=C(O)C(F)(F)F. The minimum atomic E-state index is -5.08. The first kappa shape index (κ1) is 23.0. The van der Waals surface area contributed by atoms with Gasteiger partial charge in [-0.2, -0.15) is 13.2 Å². The molecule has 1 saturated carbocycles. The van der Waals surface area contributed by atoms with Gasteiger partial charge in [-0.3, -0.25) is 4.90 Å². The zero-order valence-corrected chi connectivity index (χ0v) is 17.8. The van der Waals surface area contributed by atoms with E-state index in [0.29, 0.717) is 13.1 Å². The number of alkyl halides is 3. The summed E-state index contributed by atoms with van der Waals surface area (Å²) in [4.78, 5) is 16.1. The van der Waals surface area contributed by atoms with Crippen LogP contribution < -0.4 is 0 Å². The number of sulfonamides is 1. The van der Waals surface area contributed by atoms with Crippen LogP contribution in [0, 0.1) is 6.92 Å². The standard InChI is InChI=1S/C16H26N4O2S.C2HF3O2/c1-3-18-10-11-20-13(2)12-17-15(20)16(18)6-8-19(9-7-16)23(21,22)14-4-5-14;3-2(4,5)1(6)7/h12,14H,3-11H2,1-2H3;(H,6,7). The first-order valence-corrected chi connectivity index (χ1v) is 11.5. The fourth-order valence-electron chi connectivity index (χ4n) is 4.38. The number of imidazole rings is 1. The fourth-order valence-corrected chi connectivity index (χ4v) is 6.22. The summed E-state index contributed by atoms with van der Waals surface area (Å²) in [5.41, 5.74) is 1.12. The number of aryl methyl sites for hydroxylation is 1. The average molecular weight is 452 g/mol. The summed E-state index contributed by atoms with van der Waals surface area (Å²) in [6.07, 6.45) is 0.263. The van der Waals surface area contributed by atoms with Gasteiger partial charge in [0.05, 0.1) is 10.8 Å². The van der Waals surface area contributed by atoms with E-state index < -0.39 is 22.2 Å². The van der Waals surface area contributed by atoms with Gasteiger partial charge in [-0.15, -0.1) is 0 Å². The quantitative estimate of drug-likeness (QED) is 0.753. The molecule has 0 unspecified atom stereocenters. The van der Waals surface area contributed by atoms with Crippen molar-refractivity contribution in [1.29, 1.82) is 0 Å². The number of hydrogen-bond acceptors (Lipinski definition) is 5. The molecule has 4 rings (SSSR count). The van der Waals surface area contributed by atoms with E-state index in [1.165, 1.54) is 5.69 Å². The van der Waals surface area contributed by atoms with Crippen LogP contribution in [-0.2, 0) is 26.9 Å². The van der Waals surface area contributed by atoms with Crippen molar-refractivity contribution in [2.75, 3.05) is 26.2 Å². The van der Waals surface area contributed by atoms with Crippen LogP contribution >= 0.6 is 0 Å². The van der Waals surface area contributed by atoms with E-state index in [0.717, 1.165) is 51.1 Å². The van der Waals surface area contributed by atoms with Crippen LogP contribution in [0.25, 0.3) is 0 Å². The minimum Gasteiger partial charge on any atom is -0.475 e. The van der Waals surface area contributed by atoms with Crippen molar-refractivity contribution >= 4 is 16.0 Å². The largest absolute Gasteiger partial charge is 0.490 e. The Morgan fingerprint density at radius 3 is 2.27 bits per heavy atom. The first-order chi connectivity index (χ1) is 13.9. The molecule has 3 heterocycles. The van der Waals surface area contributed by atoms with E-state index in [9.17, 15) is 21.6 Å². The van der Waals surface area contributed by atoms with Gasteiger partial charge in [0.25, 0.3) is 0 Å². The van der Waals surface area contributed by atoms with Crippen molar-refractivity contribution < 1.29 is 31.5 Å². The molecule has 0 amide bonds. The molecular weight excluding hydrogens is 425 g/mol. The predicted octanol–water partition coefficient (Wildman–Crippen LogP) is 1.94. The van der Waals surface area contributed by atoms with E-state index in [-0.39, 0.29) is 10.8 Å². The Balaban J connectivity index is 0.000000318. The second-order valence-electron chi connectivity index (χ2n) is 7.93. The molecule has 0 atom stereocenters. The molecule has 1 aromatic heterocycles. The number of carbonyl (C=O) groups is 1. The van der Waals surface area contributed by atoms with Gasteiger partial charge < -0.3 is 9.67 Å². The van der Waals surface area contributed by atoms with E-state index in [2.05, 4.69) is 23.3 Å². The molecule has 0 bridgehead atoms. The van der Waals surface area contributed by atoms with Crippen molar-refractivity contribution in [3.63, 3.8) is 0 Å². The molecule has 1 N–H and O–H groups in total. The molecule has 3 aliphatic rings. The molecule has 12 heteroatoms. The third-order valence-corrected chi connectivity index (χ3v) is 8.55. The van der Waals surface area contributed by atoms with Crippen LogP contribution in [0.2, 0.25) is 0 Å². The van der Waals surface area contributed by atoms with Gasteiger partial charge in [0.15, 0.2) is 0 Å². The van der Waals surface area contributed by atoms with Crippen LogP contribution in [0.5, 0.6) is 0 Å². The number of aliphatic carboxylic acids is 1. The molecular formula is C18H27F3N4O4S. The van der Waals surface area contributed by atoms with Gasteiger partial charge in [0.1, 0.15) is 5.82 Å².